The fourth-order valence-electron chi connectivity index (χ4n) is 15.2. The lowest BCUT2D eigenvalue weighted by atomic mass is 9.82. The molecule has 2 aromatic carbocycles. The van der Waals surface area contributed by atoms with Crippen LogP contribution in [0.2, 0.25) is 0 Å². The summed E-state index contributed by atoms with van der Waals surface area (Å²) in [6.07, 6.45) is 41.5. The molecule has 0 bridgehead atoms. The summed E-state index contributed by atoms with van der Waals surface area (Å²) in [6.45, 7) is 1.53. The third-order valence-corrected chi connectivity index (χ3v) is 22.9. The average Bonchev–Trinajstić information content (AvgIpc) is 1.30. The molecule has 2 aromatic rings. The highest BCUT2D eigenvalue weighted by Crippen LogP contribution is 2.32. The highest BCUT2D eigenvalue weighted by atomic mass is 16.4. The van der Waals surface area contributed by atoms with Crippen LogP contribution in [0.4, 0.5) is 0 Å². The maximum absolute atomic E-state index is 10.8. The summed E-state index contributed by atoms with van der Waals surface area (Å²) in [4.78, 5) is 133. The van der Waals surface area contributed by atoms with Crippen LogP contribution in [0.5, 0.6) is 0 Å². The van der Waals surface area contributed by atoms with Crippen molar-refractivity contribution in [3.05, 3.63) is 70.8 Å². The monoisotopic (exact) mass is 1660 g/mol. The molecule has 3 atom stereocenters. The molecule has 1 saturated heterocycles. The third kappa shape index (κ3) is 50.0. The minimum atomic E-state index is -0.968. The zero-order valence-corrected chi connectivity index (χ0v) is 68.5. The maximum Gasteiger partial charge on any atom is 0.320 e. The van der Waals surface area contributed by atoms with Crippen LogP contribution < -0.4 is 28.3 Å². The van der Waals surface area contributed by atoms with Gasteiger partial charge < -0.3 is 94.6 Å². The summed E-state index contributed by atoms with van der Waals surface area (Å²) in [7, 11) is 0. The lowest BCUT2D eigenvalue weighted by molar-refractivity contribution is -0.144. The summed E-state index contributed by atoms with van der Waals surface area (Å²) in [5.74, 6) is -8.92. The molecule has 0 unspecified atom stereocenters. The molecule has 664 valence electrons. The molecule has 117 heavy (non-hydrogen) atoms. The number of benzene rings is 2. The van der Waals surface area contributed by atoms with E-state index in [2.05, 4.69) is 23.2 Å². The van der Waals surface area contributed by atoms with E-state index >= 15 is 0 Å². The lowest BCUT2D eigenvalue weighted by Crippen LogP contribution is -2.48. The highest BCUT2D eigenvalue weighted by Gasteiger charge is 2.30. The number of hydrogen-bond acceptors (Lipinski definition) is 18. The van der Waals surface area contributed by atoms with Gasteiger partial charge in [0.1, 0.15) is 6.04 Å². The van der Waals surface area contributed by atoms with E-state index in [1.807, 2.05) is 36.4 Å². The number of hydrogen-bond donors (Lipinski definition) is 18. The standard InChI is InChI=1S/2C11H12O2.C8H15NO2.C7H13NO2.4C7H12O2.2C6H10O2.C4H7NO2.C3H7NO2.C2H5NO2/c2*12-11(13)10-6-5-8-3-1-2-4-9(8)7-10;9-5-6-1-3-7(4-2-6)8(10)11;8-6-3-1-5(2-4-6)7(9)10;4*8-7(9)6-4-2-1-3-5-6;2*7-6(8)5-3-1-2-4-5;6-4(7)3-1-2-5-3;4-2-1-3(5)6;3-1-2(4)5/h2*1-4,10H,5-7H2,(H,12,13);6-7H,1-5,9H2,(H,10,11);5-6H,1-4,8H2,(H,9,10);4*6H,1-5H2,(H,8,9);2*5H,1-4H2,(H,7,8);3,5H,1-2H2,(H,6,7);1-2,4H2,(H,5,6);1,3H2,(H,4,5)/t2*10-;;;;;;;;;3-;;/m10........0../s1. The van der Waals surface area contributed by atoms with Crippen LogP contribution in [0.25, 0.3) is 0 Å². The van der Waals surface area contributed by atoms with Gasteiger partial charge in [0.15, 0.2) is 0 Å². The molecule has 0 radical (unpaired) electrons. The number of fused-ring (bicyclic) bond motifs is 2. The van der Waals surface area contributed by atoms with E-state index < -0.39 is 77.6 Å². The van der Waals surface area contributed by atoms with Crippen LogP contribution in [0.15, 0.2) is 48.5 Å². The molecule has 10 aliphatic carbocycles. The molecule has 9 fully saturated rings. The molecule has 13 rings (SSSR count). The second-order valence-electron chi connectivity index (χ2n) is 31.8. The van der Waals surface area contributed by atoms with Crippen LogP contribution >= 0.6 is 0 Å². The van der Waals surface area contributed by atoms with Crippen molar-refractivity contribution in [2.45, 2.75) is 295 Å². The van der Waals surface area contributed by atoms with Crippen molar-refractivity contribution in [1.82, 2.24) is 5.32 Å². The smallest absolute Gasteiger partial charge is 0.320 e. The minimum absolute atomic E-state index is 0.0185. The van der Waals surface area contributed by atoms with E-state index in [4.69, 9.17) is 83.6 Å². The molecule has 8 saturated carbocycles. The predicted octanol–water partition coefficient (Wildman–Crippen LogP) is 12.2. The number of aliphatic carboxylic acids is 13. The Labute approximate surface area is 688 Å². The van der Waals surface area contributed by atoms with Gasteiger partial charge in [-0.15, -0.1) is 0 Å². The van der Waals surface area contributed by atoms with Crippen molar-refractivity contribution >= 4 is 77.6 Å². The van der Waals surface area contributed by atoms with Gasteiger partial charge in [-0.2, -0.15) is 0 Å². The Balaban J connectivity index is 0.000000638. The molecular formula is C86H139N5O26. The molecule has 11 aliphatic rings. The van der Waals surface area contributed by atoms with Gasteiger partial charge in [-0.3, -0.25) is 62.3 Å². The second-order valence-corrected chi connectivity index (χ2v) is 31.8. The molecule has 0 aromatic heterocycles. The Morgan fingerprint density at radius 2 is 0.513 bits per heavy atom. The van der Waals surface area contributed by atoms with Crippen LogP contribution in [-0.2, 0) is 88.0 Å². The first-order chi connectivity index (χ1) is 55.6. The summed E-state index contributed by atoms with van der Waals surface area (Å²) >= 11 is 0. The van der Waals surface area contributed by atoms with E-state index in [1.54, 1.807) is 0 Å². The normalized spacial score (nSPS) is 22.6. The summed E-state index contributed by atoms with van der Waals surface area (Å²) in [5.41, 5.74) is 25.6. The van der Waals surface area contributed by atoms with Crippen LogP contribution in [0.3, 0.4) is 0 Å². The molecule has 0 amide bonds. The first-order valence-corrected chi connectivity index (χ1v) is 42.3. The van der Waals surface area contributed by atoms with Crippen molar-refractivity contribution in [2.75, 3.05) is 26.2 Å². The Kier molecular flexibility index (Phi) is 57.7. The number of carbonyl (C=O) groups is 13. The van der Waals surface area contributed by atoms with Gasteiger partial charge in [0, 0.05) is 12.6 Å². The molecule has 1 heterocycles. The average molecular weight is 1660 g/mol. The van der Waals surface area contributed by atoms with Crippen molar-refractivity contribution in [3.8, 4) is 0 Å². The predicted molar refractivity (Wildman–Crippen MR) is 437 cm³/mol. The third-order valence-electron chi connectivity index (χ3n) is 22.9. The Morgan fingerprint density at radius 3 is 0.684 bits per heavy atom. The zero-order chi connectivity index (χ0) is 87.6. The van der Waals surface area contributed by atoms with Crippen LogP contribution in [0.1, 0.15) is 279 Å². The highest BCUT2D eigenvalue weighted by molar-refractivity contribution is 5.75. The maximum atomic E-state index is 10.8. The van der Waals surface area contributed by atoms with Gasteiger partial charge in [0.25, 0.3) is 0 Å². The molecule has 31 heteroatoms. The van der Waals surface area contributed by atoms with Gasteiger partial charge in [-0.25, -0.2) is 0 Å². The lowest BCUT2D eigenvalue weighted by Gasteiger charge is -2.24. The van der Waals surface area contributed by atoms with Crippen LogP contribution in [-0.4, -0.2) is 182 Å². The van der Waals surface area contributed by atoms with E-state index in [0.29, 0.717) is 25.3 Å². The van der Waals surface area contributed by atoms with E-state index in [1.165, 1.54) is 47.9 Å². The molecule has 0 spiro atoms. The van der Waals surface area contributed by atoms with E-state index in [0.717, 1.165) is 244 Å². The van der Waals surface area contributed by atoms with Gasteiger partial charge >= 0.3 is 77.6 Å². The topological polar surface area (TPSA) is 601 Å². The van der Waals surface area contributed by atoms with Crippen molar-refractivity contribution in [3.63, 3.8) is 0 Å². The molecule has 1 aliphatic heterocycles. The Hall–Kier alpha value is -8.65. The number of carboxylic acid groups (broad SMARTS) is 13. The number of rotatable bonds is 15. The first kappa shape index (κ1) is 106. The molecule has 31 nitrogen and oxygen atoms in total. The van der Waals surface area contributed by atoms with Crippen molar-refractivity contribution in [2.24, 2.45) is 88.0 Å². The number of nitrogens with two attached hydrogens (primary N) is 4. The fourth-order valence-corrected chi connectivity index (χ4v) is 15.2. The number of carboxylic acids is 13. The minimum Gasteiger partial charge on any atom is -0.481 e. The van der Waals surface area contributed by atoms with E-state index in [9.17, 15) is 62.3 Å². The largest absolute Gasteiger partial charge is 0.481 e. The SMILES string of the molecule is NC1CCC(C(=O)O)CC1.NCC(=O)O.NCC1CCC(C(=O)O)CC1.NCCC(=O)O.O=C(O)C1CCCC1.O=C(O)C1CCCC1.O=C(O)C1CCCCC1.O=C(O)C1CCCCC1.O=C(O)C1CCCCC1.O=C(O)C1CCCCC1.O=C(O)[C@@H]1CCN1.O=C(O)[C@@H]1CCc2ccccc2C1.O=C(O)[C@H]1CCc2ccccc2C1. The summed E-state index contributed by atoms with van der Waals surface area (Å²) < 4.78 is 0. The second kappa shape index (κ2) is 63.4. The molecular weight excluding hydrogens is 1520 g/mol. The Bertz CT molecular complexity index is 3000. The van der Waals surface area contributed by atoms with Crippen molar-refractivity contribution < 1.29 is 129 Å². The Morgan fingerprint density at radius 1 is 0.282 bits per heavy atom. The van der Waals surface area contributed by atoms with Crippen LogP contribution in [0, 0.1) is 65.1 Å². The number of nitrogens with one attached hydrogen (secondary N) is 1. The van der Waals surface area contributed by atoms with Gasteiger partial charge in [-0.05, 0) is 215 Å². The van der Waals surface area contributed by atoms with Gasteiger partial charge in [-0.1, -0.05) is 151 Å². The van der Waals surface area contributed by atoms with Gasteiger partial charge in [0.05, 0.1) is 72.1 Å². The number of aryl methyl sites for hydroxylation is 2. The van der Waals surface area contributed by atoms with Crippen molar-refractivity contribution in [1.29, 1.82) is 0 Å². The van der Waals surface area contributed by atoms with Gasteiger partial charge in [0.2, 0.25) is 0 Å². The first-order valence-electron chi connectivity index (χ1n) is 42.3. The zero-order valence-electron chi connectivity index (χ0n) is 68.5. The van der Waals surface area contributed by atoms with E-state index in [-0.39, 0.29) is 90.8 Å². The summed E-state index contributed by atoms with van der Waals surface area (Å²) in [5, 5.41) is 112. The fraction of sp³-hybridized carbons (Fsp3) is 0.709. The quantitative estimate of drug-likeness (QED) is 0.0787. The summed E-state index contributed by atoms with van der Waals surface area (Å²) in [6, 6.07) is 16.2. The molecule has 22 N–H and O–H groups in total.